The lowest BCUT2D eigenvalue weighted by Crippen LogP contribution is -2.49. The van der Waals surface area contributed by atoms with Crippen LogP contribution >= 0.6 is 23.2 Å². The number of nitrogens with zero attached hydrogens (tertiary/aromatic N) is 1. The third kappa shape index (κ3) is 6.93. The van der Waals surface area contributed by atoms with Crippen LogP contribution in [0.4, 0.5) is 0 Å². The van der Waals surface area contributed by atoms with Crippen molar-refractivity contribution >= 4 is 35.0 Å². The molecule has 0 aliphatic carbocycles. The second-order valence-corrected chi connectivity index (χ2v) is 9.17. The molecule has 0 radical (unpaired) electrons. The Morgan fingerprint density at radius 1 is 1.21 bits per heavy atom. The molecule has 3 rings (SSSR count). The fraction of sp³-hybridized carbons (Fsp3) is 0.440. The van der Waals surface area contributed by atoms with Crippen LogP contribution in [0.25, 0.3) is 0 Å². The average Bonchev–Trinajstić information content (AvgIpc) is 2.97. The van der Waals surface area contributed by atoms with Gasteiger partial charge < -0.3 is 20.6 Å². The van der Waals surface area contributed by atoms with Gasteiger partial charge in [-0.2, -0.15) is 0 Å². The van der Waals surface area contributed by atoms with Crippen LogP contribution in [-0.4, -0.2) is 60.1 Å². The summed E-state index contributed by atoms with van der Waals surface area (Å²) in [5, 5.41) is 16.5. The van der Waals surface area contributed by atoms with E-state index in [1.807, 2.05) is 23.1 Å². The third-order valence-electron chi connectivity index (χ3n) is 6.11. The molecule has 33 heavy (non-hydrogen) atoms. The van der Waals surface area contributed by atoms with E-state index >= 15 is 0 Å². The number of carbonyl (C=O) groups is 2. The van der Waals surface area contributed by atoms with Gasteiger partial charge in [-0.3, -0.25) is 9.59 Å². The molecule has 0 spiro atoms. The number of benzene rings is 2. The van der Waals surface area contributed by atoms with Gasteiger partial charge in [-0.25, -0.2) is 0 Å². The molecule has 0 bridgehead atoms. The van der Waals surface area contributed by atoms with E-state index in [1.54, 1.807) is 12.1 Å². The molecule has 2 aromatic carbocycles. The van der Waals surface area contributed by atoms with Gasteiger partial charge in [0.25, 0.3) is 5.91 Å². The zero-order chi connectivity index (χ0) is 23.8. The number of rotatable bonds is 9. The molecule has 6 nitrogen and oxygen atoms in total. The summed E-state index contributed by atoms with van der Waals surface area (Å²) in [5.74, 6) is -0.01000. The number of hydrogen-bond acceptors (Lipinski definition) is 4. The van der Waals surface area contributed by atoms with E-state index in [4.69, 9.17) is 23.2 Å². The van der Waals surface area contributed by atoms with Crippen LogP contribution in [0.3, 0.4) is 0 Å². The lowest BCUT2D eigenvalue weighted by molar-refractivity contribution is -0.133. The van der Waals surface area contributed by atoms with Crippen molar-refractivity contribution in [3.8, 4) is 0 Å². The molecule has 1 fully saturated rings. The number of hydrogen-bond donors (Lipinski definition) is 3. The molecule has 1 aliphatic heterocycles. The largest absolute Gasteiger partial charge is 0.396 e. The summed E-state index contributed by atoms with van der Waals surface area (Å²) in [5.41, 5.74) is 1.64. The number of nitrogens with one attached hydrogen (secondary N) is 2. The Bertz CT molecular complexity index is 942. The smallest absolute Gasteiger partial charge is 0.251 e. The molecule has 178 valence electrons. The first kappa shape index (κ1) is 25.5. The minimum Gasteiger partial charge on any atom is -0.396 e. The molecule has 1 heterocycles. The Hall–Kier alpha value is -2.12. The van der Waals surface area contributed by atoms with E-state index in [0.29, 0.717) is 48.1 Å². The molecule has 1 saturated heterocycles. The van der Waals surface area contributed by atoms with Crippen molar-refractivity contribution in [2.75, 3.05) is 26.2 Å². The summed E-state index contributed by atoms with van der Waals surface area (Å²) in [6.07, 6.45) is 1.95. The predicted octanol–water partition coefficient (Wildman–Crippen LogP) is 3.86. The van der Waals surface area contributed by atoms with Gasteiger partial charge in [0.2, 0.25) is 5.91 Å². The monoisotopic (exact) mass is 491 g/mol. The quantitative estimate of drug-likeness (QED) is 0.497. The van der Waals surface area contributed by atoms with Crippen molar-refractivity contribution in [1.82, 2.24) is 15.5 Å². The Morgan fingerprint density at radius 3 is 2.64 bits per heavy atom. The predicted molar refractivity (Wildman–Crippen MR) is 132 cm³/mol. The van der Waals surface area contributed by atoms with Crippen molar-refractivity contribution in [1.29, 1.82) is 0 Å². The number of halogens is 2. The first-order chi connectivity index (χ1) is 15.9. The lowest BCUT2D eigenvalue weighted by atomic mass is 9.95. The van der Waals surface area contributed by atoms with Gasteiger partial charge in [-0.05, 0) is 43.0 Å². The van der Waals surface area contributed by atoms with Crippen molar-refractivity contribution in [2.45, 2.75) is 44.2 Å². The van der Waals surface area contributed by atoms with E-state index in [9.17, 15) is 14.7 Å². The number of aliphatic hydroxyl groups is 1. The maximum Gasteiger partial charge on any atom is 0.251 e. The number of amides is 2. The van der Waals surface area contributed by atoms with E-state index in [1.165, 1.54) is 11.6 Å². The molecule has 1 unspecified atom stereocenters. The molecule has 1 aliphatic rings. The molecule has 2 amide bonds. The summed E-state index contributed by atoms with van der Waals surface area (Å²) < 4.78 is 0. The van der Waals surface area contributed by atoms with E-state index < -0.39 is 6.04 Å². The van der Waals surface area contributed by atoms with Gasteiger partial charge in [-0.1, -0.05) is 60.5 Å². The summed E-state index contributed by atoms with van der Waals surface area (Å²) in [6, 6.07) is 14.4. The highest BCUT2D eigenvalue weighted by atomic mass is 35.5. The van der Waals surface area contributed by atoms with Gasteiger partial charge in [-0.15, -0.1) is 0 Å². The van der Waals surface area contributed by atoms with Crippen LogP contribution in [-0.2, 0) is 4.79 Å². The maximum absolute atomic E-state index is 13.2. The molecular formula is C25H31Cl2N3O3. The van der Waals surface area contributed by atoms with E-state index in [0.717, 1.165) is 6.42 Å². The molecule has 0 saturated carbocycles. The van der Waals surface area contributed by atoms with Gasteiger partial charge in [0.15, 0.2) is 0 Å². The van der Waals surface area contributed by atoms with Crippen LogP contribution in [0, 0.1) is 0 Å². The van der Waals surface area contributed by atoms with Crippen molar-refractivity contribution in [2.24, 2.45) is 0 Å². The molecule has 0 aromatic heterocycles. The van der Waals surface area contributed by atoms with Crippen molar-refractivity contribution in [3.05, 3.63) is 69.7 Å². The van der Waals surface area contributed by atoms with Crippen molar-refractivity contribution in [3.63, 3.8) is 0 Å². The summed E-state index contributed by atoms with van der Waals surface area (Å²) in [6.45, 7) is 3.62. The van der Waals surface area contributed by atoms with Gasteiger partial charge in [0.1, 0.15) is 0 Å². The van der Waals surface area contributed by atoms with Crippen molar-refractivity contribution < 1.29 is 14.7 Å². The van der Waals surface area contributed by atoms with Gasteiger partial charge in [0.05, 0.1) is 16.1 Å². The van der Waals surface area contributed by atoms with Crippen LogP contribution < -0.4 is 10.6 Å². The van der Waals surface area contributed by atoms with Gasteiger partial charge >= 0.3 is 0 Å². The minimum atomic E-state index is -0.488. The maximum atomic E-state index is 13.2. The first-order valence-corrected chi connectivity index (χ1v) is 12.1. The van der Waals surface area contributed by atoms with Crippen LogP contribution in [0.1, 0.15) is 48.0 Å². The van der Waals surface area contributed by atoms with E-state index in [-0.39, 0.29) is 30.4 Å². The summed E-state index contributed by atoms with van der Waals surface area (Å²) in [7, 11) is 0. The summed E-state index contributed by atoms with van der Waals surface area (Å²) >= 11 is 12.0. The fourth-order valence-corrected chi connectivity index (χ4v) is 4.47. The molecule has 3 atom stereocenters. The Morgan fingerprint density at radius 2 is 1.97 bits per heavy atom. The SMILES string of the molecule is CCC(CN1CC[C@@H](CNC(=O)c2ccc(Cl)c(Cl)c2)N[C@@H](CCO)C1=O)c1ccccc1. The number of aliphatic hydroxyl groups excluding tert-OH is 1. The third-order valence-corrected chi connectivity index (χ3v) is 6.85. The van der Waals surface area contributed by atoms with Gasteiger partial charge in [0, 0.05) is 43.8 Å². The molecule has 2 aromatic rings. The topological polar surface area (TPSA) is 81.7 Å². The summed E-state index contributed by atoms with van der Waals surface area (Å²) in [4.78, 5) is 27.7. The highest BCUT2D eigenvalue weighted by molar-refractivity contribution is 6.42. The first-order valence-electron chi connectivity index (χ1n) is 11.4. The number of carbonyl (C=O) groups excluding carboxylic acids is 2. The zero-order valence-corrected chi connectivity index (χ0v) is 20.3. The highest BCUT2D eigenvalue weighted by Gasteiger charge is 2.31. The standard InChI is InChI=1S/C25H31Cl2N3O3/c1-2-17(18-6-4-3-5-7-18)16-30-12-10-20(29-23(11-13-31)25(30)33)15-28-24(32)19-8-9-21(26)22(27)14-19/h3-9,14,17,20,23,29,31H,2,10-13,15-16H2,1H3,(H,28,32)/t17?,20-,23-/m0/s1. The average molecular weight is 492 g/mol. The second kappa shape index (κ2) is 12.4. The lowest BCUT2D eigenvalue weighted by Gasteiger charge is -2.28. The van der Waals surface area contributed by atoms with Crippen LogP contribution in [0.5, 0.6) is 0 Å². The molecule has 3 N–H and O–H groups in total. The zero-order valence-electron chi connectivity index (χ0n) is 18.8. The minimum absolute atomic E-state index is 0.00302. The normalized spacial score (nSPS) is 19.8. The molecular weight excluding hydrogens is 461 g/mol. The Balaban J connectivity index is 1.65. The fourth-order valence-electron chi connectivity index (χ4n) is 4.18. The Labute approximate surface area is 205 Å². The van der Waals surface area contributed by atoms with Crippen LogP contribution in [0.2, 0.25) is 10.0 Å². The van der Waals surface area contributed by atoms with Crippen LogP contribution in [0.15, 0.2) is 48.5 Å². The molecule has 8 heteroatoms. The highest BCUT2D eigenvalue weighted by Crippen LogP contribution is 2.24. The van der Waals surface area contributed by atoms with E-state index in [2.05, 4.69) is 29.7 Å². The second-order valence-electron chi connectivity index (χ2n) is 8.36. The Kier molecular flexibility index (Phi) is 9.56.